The number of anilines is 2. The van der Waals surface area contributed by atoms with Crippen molar-refractivity contribution < 1.29 is 18.0 Å². The fraction of sp³-hybridized carbons (Fsp3) is 0.500. The highest BCUT2D eigenvalue weighted by Crippen LogP contribution is 2.28. The summed E-state index contributed by atoms with van der Waals surface area (Å²) in [5, 5.41) is 13.8. The Morgan fingerprint density at radius 3 is 2.47 bits per heavy atom. The van der Waals surface area contributed by atoms with Crippen LogP contribution in [0.2, 0.25) is 0 Å². The number of pyridine rings is 1. The third-order valence-corrected chi connectivity index (χ3v) is 6.06. The number of nitrogens with zero attached hydrogens (tertiary/aromatic N) is 7. The molecule has 12 heteroatoms. The first-order chi connectivity index (χ1) is 16.3. The minimum absolute atomic E-state index is 0.0324. The minimum Gasteiger partial charge on any atom is -0.357 e. The standard InChI is InChI=1S/C22H27F3N8O/c1-3-31(4-2)17-6-5-15(13-26-17)14-27-20(34)16-9-11-32(12-10-16)19-8-7-18-28-29-21(22(23,24)25)33(18)30-19/h5-8,13,16H,3-4,9-12,14H2,1-2H3,(H,27,34). The second-order valence-corrected chi connectivity index (χ2v) is 8.16. The van der Waals surface area contributed by atoms with Crippen LogP contribution in [0.3, 0.4) is 0 Å². The Bertz CT molecular complexity index is 1120. The monoisotopic (exact) mass is 476 g/mol. The zero-order valence-corrected chi connectivity index (χ0v) is 19.1. The molecule has 1 amide bonds. The van der Waals surface area contributed by atoms with Crippen molar-refractivity contribution in [3.63, 3.8) is 0 Å². The average Bonchev–Trinajstić information content (AvgIpc) is 3.28. The molecule has 0 bridgehead atoms. The molecule has 4 heterocycles. The molecular formula is C22H27F3N8O. The van der Waals surface area contributed by atoms with E-state index < -0.39 is 12.0 Å². The van der Waals surface area contributed by atoms with Crippen LogP contribution < -0.4 is 15.1 Å². The van der Waals surface area contributed by atoms with Crippen LogP contribution >= 0.6 is 0 Å². The van der Waals surface area contributed by atoms with Crippen LogP contribution in [0.1, 0.15) is 38.1 Å². The number of fused-ring (bicyclic) bond motifs is 1. The number of hydrogen-bond acceptors (Lipinski definition) is 7. The van der Waals surface area contributed by atoms with E-state index in [-0.39, 0.29) is 17.5 Å². The van der Waals surface area contributed by atoms with E-state index in [1.807, 2.05) is 17.0 Å². The lowest BCUT2D eigenvalue weighted by atomic mass is 9.96. The first kappa shape index (κ1) is 23.7. The molecule has 1 N–H and O–H groups in total. The van der Waals surface area contributed by atoms with Gasteiger partial charge in [0.1, 0.15) is 11.6 Å². The Labute approximate surface area is 195 Å². The summed E-state index contributed by atoms with van der Waals surface area (Å²) in [5.41, 5.74) is 0.957. The van der Waals surface area contributed by atoms with E-state index in [1.54, 1.807) is 12.3 Å². The molecule has 0 atom stereocenters. The van der Waals surface area contributed by atoms with E-state index in [9.17, 15) is 18.0 Å². The molecular weight excluding hydrogens is 449 g/mol. The number of amides is 1. The quantitative estimate of drug-likeness (QED) is 0.561. The Morgan fingerprint density at radius 2 is 1.85 bits per heavy atom. The van der Waals surface area contributed by atoms with Crippen LogP contribution in [0, 0.1) is 5.92 Å². The van der Waals surface area contributed by atoms with Crippen molar-refractivity contribution in [1.29, 1.82) is 0 Å². The van der Waals surface area contributed by atoms with Crippen LogP contribution in [0.15, 0.2) is 30.5 Å². The Kier molecular flexibility index (Phi) is 6.85. The lowest BCUT2D eigenvalue weighted by molar-refractivity contribution is -0.146. The Balaban J connectivity index is 1.32. The van der Waals surface area contributed by atoms with Gasteiger partial charge < -0.3 is 15.1 Å². The summed E-state index contributed by atoms with van der Waals surface area (Å²) in [4.78, 5) is 21.2. The maximum absolute atomic E-state index is 13.1. The van der Waals surface area contributed by atoms with Crippen LogP contribution in [0.5, 0.6) is 0 Å². The summed E-state index contributed by atoms with van der Waals surface area (Å²) >= 11 is 0. The van der Waals surface area contributed by atoms with Crippen molar-refractivity contribution in [2.24, 2.45) is 5.92 Å². The van der Waals surface area contributed by atoms with Crippen molar-refractivity contribution in [2.75, 3.05) is 36.0 Å². The first-order valence-electron chi connectivity index (χ1n) is 11.3. The highest BCUT2D eigenvalue weighted by molar-refractivity contribution is 5.79. The number of alkyl halides is 3. The average molecular weight is 477 g/mol. The molecule has 4 rings (SSSR count). The van der Waals surface area contributed by atoms with Gasteiger partial charge in [-0.15, -0.1) is 15.3 Å². The lowest BCUT2D eigenvalue weighted by Gasteiger charge is -2.32. The van der Waals surface area contributed by atoms with Crippen LogP contribution in [-0.2, 0) is 17.5 Å². The summed E-state index contributed by atoms with van der Waals surface area (Å²) in [6, 6.07) is 7.00. The zero-order valence-electron chi connectivity index (χ0n) is 19.1. The molecule has 9 nitrogen and oxygen atoms in total. The molecule has 182 valence electrons. The van der Waals surface area contributed by atoms with Gasteiger partial charge in [-0.25, -0.2) is 4.98 Å². The van der Waals surface area contributed by atoms with E-state index in [2.05, 4.69) is 44.3 Å². The van der Waals surface area contributed by atoms with Crippen molar-refractivity contribution in [1.82, 2.24) is 30.1 Å². The predicted octanol–water partition coefficient (Wildman–Crippen LogP) is 2.92. The van der Waals surface area contributed by atoms with Crippen molar-refractivity contribution in [3.05, 3.63) is 41.9 Å². The number of nitrogens with one attached hydrogen (secondary N) is 1. The maximum Gasteiger partial charge on any atom is 0.453 e. The molecule has 0 spiro atoms. The van der Waals surface area contributed by atoms with Crippen LogP contribution in [0.25, 0.3) is 5.65 Å². The largest absolute Gasteiger partial charge is 0.453 e. The highest BCUT2D eigenvalue weighted by Gasteiger charge is 2.38. The first-order valence-corrected chi connectivity index (χ1v) is 11.3. The number of carbonyl (C=O) groups is 1. The van der Waals surface area contributed by atoms with Gasteiger partial charge in [-0.3, -0.25) is 4.79 Å². The summed E-state index contributed by atoms with van der Waals surface area (Å²) in [7, 11) is 0. The summed E-state index contributed by atoms with van der Waals surface area (Å²) < 4.78 is 40.1. The van der Waals surface area contributed by atoms with Crippen LogP contribution in [0.4, 0.5) is 24.8 Å². The molecule has 0 aromatic carbocycles. The smallest absolute Gasteiger partial charge is 0.357 e. The highest BCUT2D eigenvalue weighted by atomic mass is 19.4. The van der Waals surface area contributed by atoms with Gasteiger partial charge in [0.2, 0.25) is 5.91 Å². The molecule has 1 aliphatic rings. The molecule has 0 unspecified atom stereocenters. The second kappa shape index (κ2) is 9.82. The summed E-state index contributed by atoms with van der Waals surface area (Å²) in [5.74, 6) is -0.0417. The molecule has 0 radical (unpaired) electrons. The molecule has 1 fully saturated rings. The van der Waals surface area contributed by atoms with Crippen molar-refractivity contribution >= 4 is 23.2 Å². The summed E-state index contributed by atoms with van der Waals surface area (Å²) in [6.45, 7) is 7.34. The zero-order chi connectivity index (χ0) is 24.3. The van der Waals surface area contributed by atoms with Gasteiger partial charge in [-0.1, -0.05) is 6.07 Å². The Morgan fingerprint density at radius 1 is 1.12 bits per heavy atom. The van der Waals surface area contributed by atoms with E-state index >= 15 is 0 Å². The topological polar surface area (TPSA) is 91.6 Å². The Hall–Kier alpha value is -3.44. The maximum atomic E-state index is 13.1. The molecule has 1 aliphatic heterocycles. The van der Waals surface area contributed by atoms with Gasteiger partial charge in [-0.2, -0.15) is 17.7 Å². The molecule has 1 saturated heterocycles. The number of piperidine rings is 1. The molecule has 0 aliphatic carbocycles. The van der Waals surface area contributed by atoms with Gasteiger partial charge in [0.05, 0.1) is 0 Å². The lowest BCUT2D eigenvalue weighted by Crippen LogP contribution is -2.40. The van der Waals surface area contributed by atoms with Gasteiger partial charge in [0.25, 0.3) is 5.82 Å². The SMILES string of the molecule is CCN(CC)c1ccc(CNC(=O)C2CCN(c3ccc4nnc(C(F)(F)F)n4n3)CC2)cn1. The molecule has 0 saturated carbocycles. The predicted molar refractivity (Wildman–Crippen MR) is 120 cm³/mol. The fourth-order valence-corrected chi connectivity index (χ4v) is 4.08. The summed E-state index contributed by atoms with van der Waals surface area (Å²) in [6.07, 6.45) is -1.70. The fourth-order valence-electron chi connectivity index (χ4n) is 4.08. The van der Waals surface area contributed by atoms with E-state index in [1.165, 1.54) is 6.07 Å². The minimum atomic E-state index is -4.64. The van der Waals surface area contributed by atoms with Crippen molar-refractivity contribution in [3.8, 4) is 0 Å². The second-order valence-electron chi connectivity index (χ2n) is 8.16. The van der Waals surface area contributed by atoms with Crippen LogP contribution in [-0.4, -0.2) is 56.9 Å². The third-order valence-electron chi connectivity index (χ3n) is 6.06. The molecule has 3 aromatic heterocycles. The number of rotatable bonds is 7. The van der Waals surface area contributed by atoms with Gasteiger partial charge in [0, 0.05) is 44.8 Å². The van der Waals surface area contributed by atoms with E-state index in [0.717, 1.165) is 24.5 Å². The number of aromatic nitrogens is 5. The number of hydrogen-bond donors (Lipinski definition) is 1. The normalized spacial score (nSPS) is 15.0. The molecule has 3 aromatic rings. The van der Waals surface area contributed by atoms with Gasteiger partial charge in [-0.05, 0) is 50.5 Å². The molecule has 34 heavy (non-hydrogen) atoms. The third kappa shape index (κ3) is 5.05. The van der Waals surface area contributed by atoms with E-state index in [0.29, 0.717) is 42.8 Å². The van der Waals surface area contributed by atoms with Gasteiger partial charge >= 0.3 is 6.18 Å². The van der Waals surface area contributed by atoms with E-state index in [4.69, 9.17) is 0 Å². The van der Waals surface area contributed by atoms with Gasteiger partial charge in [0.15, 0.2) is 5.65 Å². The van der Waals surface area contributed by atoms with Crippen molar-refractivity contribution in [2.45, 2.75) is 39.4 Å². The number of carbonyl (C=O) groups excluding carboxylic acids is 1. The number of halogens is 3.